The molecule has 0 N–H and O–H groups in total. The number of aryl methyl sites for hydroxylation is 1. The highest BCUT2D eigenvalue weighted by atomic mass is 32.2. The second-order valence-electron chi connectivity index (χ2n) is 7.64. The minimum Gasteiger partial charge on any atom is -0.492 e. The summed E-state index contributed by atoms with van der Waals surface area (Å²) in [6.07, 6.45) is 0. The molecule has 1 aliphatic rings. The summed E-state index contributed by atoms with van der Waals surface area (Å²) in [4.78, 5) is 16.1. The predicted molar refractivity (Wildman–Crippen MR) is 116 cm³/mol. The van der Waals surface area contributed by atoms with E-state index in [2.05, 4.69) is 0 Å². The monoisotopic (exact) mass is 449 g/mol. The molecule has 168 valence electrons. The number of halogens is 1. The van der Waals surface area contributed by atoms with E-state index in [4.69, 9.17) is 4.74 Å². The van der Waals surface area contributed by atoms with E-state index >= 15 is 0 Å². The molecule has 3 rings (SSSR count). The molecular weight excluding hydrogens is 421 g/mol. The summed E-state index contributed by atoms with van der Waals surface area (Å²) in [5.74, 6) is 0.144. The van der Waals surface area contributed by atoms with Crippen LogP contribution < -0.4 is 4.74 Å². The van der Waals surface area contributed by atoms with Crippen molar-refractivity contribution in [3.8, 4) is 5.75 Å². The summed E-state index contributed by atoms with van der Waals surface area (Å²) in [6.45, 7) is 4.28. The van der Waals surface area contributed by atoms with Gasteiger partial charge in [0.15, 0.2) is 0 Å². The first-order valence-electron chi connectivity index (χ1n) is 10.2. The van der Waals surface area contributed by atoms with Crippen LogP contribution in [0.25, 0.3) is 0 Å². The number of benzene rings is 2. The van der Waals surface area contributed by atoms with Gasteiger partial charge in [0.25, 0.3) is 0 Å². The zero-order valence-electron chi connectivity index (χ0n) is 17.8. The lowest BCUT2D eigenvalue weighted by Crippen LogP contribution is -2.52. The van der Waals surface area contributed by atoms with Gasteiger partial charge in [0.2, 0.25) is 15.9 Å². The lowest BCUT2D eigenvalue weighted by Gasteiger charge is -2.34. The quantitative estimate of drug-likeness (QED) is 0.616. The van der Waals surface area contributed by atoms with Crippen LogP contribution in [0.1, 0.15) is 5.56 Å². The second kappa shape index (κ2) is 10.2. The van der Waals surface area contributed by atoms with Crippen LogP contribution in [0.15, 0.2) is 53.4 Å². The van der Waals surface area contributed by atoms with Gasteiger partial charge < -0.3 is 9.64 Å². The molecule has 2 aromatic carbocycles. The molecule has 0 aromatic heterocycles. The van der Waals surface area contributed by atoms with Crippen LogP contribution in [0, 0.1) is 12.7 Å². The molecule has 2 aromatic rings. The topological polar surface area (TPSA) is 70.2 Å². The molecule has 1 aliphatic heterocycles. The van der Waals surface area contributed by atoms with Gasteiger partial charge in [-0.25, -0.2) is 12.8 Å². The highest BCUT2D eigenvalue weighted by molar-refractivity contribution is 7.89. The summed E-state index contributed by atoms with van der Waals surface area (Å²) in [7, 11) is -1.92. The number of rotatable bonds is 8. The Labute approximate surface area is 183 Å². The Morgan fingerprint density at radius 3 is 2.42 bits per heavy atom. The van der Waals surface area contributed by atoms with Crippen LogP contribution in [-0.4, -0.2) is 81.4 Å². The van der Waals surface area contributed by atoms with Crippen molar-refractivity contribution in [2.75, 3.05) is 52.9 Å². The number of carbonyl (C=O) groups excluding carboxylic acids is 1. The number of nitrogens with zero attached hydrogens (tertiary/aromatic N) is 3. The molecule has 0 atom stereocenters. The van der Waals surface area contributed by atoms with Crippen molar-refractivity contribution in [2.45, 2.75) is 11.8 Å². The molecule has 1 fully saturated rings. The summed E-state index contributed by atoms with van der Waals surface area (Å²) >= 11 is 0. The Hall–Kier alpha value is -2.49. The zero-order valence-corrected chi connectivity index (χ0v) is 18.6. The first-order valence-corrected chi connectivity index (χ1v) is 11.6. The van der Waals surface area contributed by atoms with Gasteiger partial charge in [-0.3, -0.25) is 9.69 Å². The fourth-order valence-electron chi connectivity index (χ4n) is 3.32. The molecule has 1 amide bonds. The van der Waals surface area contributed by atoms with E-state index in [9.17, 15) is 17.6 Å². The van der Waals surface area contributed by atoms with Gasteiger partial charge in [-0.1, -0.05) is 23.8 Å². The third-order valence-electron chi connectivity index (χ3n) is 5.19. The van der Waals surface area contributed by atoms with Crippen molar-refractivity contribution in [3.63, 3.8) is 0 Å². The average molecular weight is 450 g/mol. The molecular formula is C22H28FN3O4S. The van der Waals surface area contributed by atoms with Crippen LogP contribution in [0.4, 0.5) is 4.39 Å². The van der Waals surface area contributed by atoms with E-state index in [1.807, 2.05) is 43.1 Å². The van der Waals surface area contributed by atoms with Crippen LogP contribution in [0.5, 0.6) is 5.75 Å². The fraction of sp³-hybridized carbons (Fsp3) is 0.409. The third-order valence-corrected chi connectivity index (χ3v) is 7.09. The van der Waals surface area contributed by atoms with E-state index in [-0.39, 0.29) is 30.4 Å². The van der Waals surface area contributed by atoms with Crippen molar-refractivity contribution in [1.82, 2.24) is 14.1 Å². The SMILES string of the molecule is Cc1ccc(OCCN(C)CC(=O)N2CCN(S(=O)(=O)c3cccc(F)c3)CC2)cc1. The number of amides is 1. The number of hydrogen-bond acceptors (Lipinski definition) is 5. The number of hydrogen-bond donors (Lipinski definition) is 0. The molecule has 31 heavy (non-hydrogen) atoms. The van der Waals surface area contributed by atoms with Crippen molar-refractivity contribution in [1.29, 1.82) is 0 Å². The normalized spacial score (nSPS) is 15.3. The van der Waals surface area contributed by atoms with Crippen molar-refractivity contribution >= 4 is 15.9 Å². The maximum Gasteiger partial charge on any atom is 0.243 e. The Balaban J connectivity index is 1.43. The maximum absolute atomic E-state index is 13.4. The van der Waals surface area contributed by atoms with Gasteiger partial charge in [0.05, 0.1) is 11.4 Å². The molecule has 1 heterocycles. The molecule has 1 saturated heterocycles. The number of ether oxygens (including phenoxy) is 1. The van der Waals surface area contributed by atoms with E-state index in [1.165, 1.54) is 28.1 Å². The van der Waals surface area contributed by atoms with E-state index < -0.39 is 15.8 Å². The summed E-state index contributed by atoms with van der Waals surface area (Å²) in [6, 6.07) is 12.8. The number of piperazine rings is 1. The Bertz CT molecular complexity index is 990. The molecule has 7 nitrogen and oxygen atoms in total. The van der Waals surface area contributed by atoms with Crippen LogP contribution in [0.3, 0.4) is 0 Å². The van der Waals surface area contributed by atoms with Gasteiger partial charge >= 0.3 is 0 Å². The van der Waals surface area contributed by atoms with Gasteiger partial charge in [-0.05, 0) is 44.3 Å². The lowest BCUT2D eigenvalue weighted by molar-refractivity contribution is -0.133. The van der Waals surface area contributed by atoms with Crippen molar-refractivity contribution < 1.29 is 22.3 Å². The van der Waals surface area contributed by atoms with Crippen LogP contribution in [-0.2, 0) is 14.8 Å². The Kier molecular flexibility index (Phi) is 7.64. The fourth-order valence-corrected chi connectivity index (χ4v) is 4.77. The number of sulfonamides is 1. The molecule has 0 aliphatic carbocycles. The second-order valence-corrected chi connectivity index (χ2v) is 9.58. The molecule has 9 heteroatoms. The lowest BCUT2D eigenvalue weighted by atomic mass is 10.2. The van der Waals surface area contributed by atoms with Gasteiger partial charge in [0.1, 0.15) is 18.2 Å². The average Bonchev–Trinajstić information content (AvgIpc) is 2.75. The molecule has 0 unspecified atom stereocenters. The van der Waals surface area contributed by atoms with E-state index in [1.54, 1.807) is 4.90 Å². The highest BCUT2D eigenvalue weighted by Gasteiger charge is 2.30. The molecule has 0 bridgehead atoms. The molecule has 0 spiro atoms. The summed E-state index contributed by atoms with van der Waals surface area (Å²) in [5.41, 5.74) is 1.17. The first-order chi connectivity index (χ1) is 14.8. The largest absolute Gasteiger partial charge is 0.492 e. The number of likely N-dealkylation sites (N-methyl/N-ethyl adjacent to an activating group) is 1. The highest BCUT2D eigenvalue weighted by Crippen LogP contribution is 2.18. The van der Waals surface area contributed by atoms with Gasteiger partial charge in [-0.15, -0.1) is 0 Å². The van der Waals surface area contributed by atoms with Crippen LogP contribution >= 0.6 is 0 Å². The van der Waals surface area contributed by atoms with E-state index in [0.29, 0.717) is 26.2 Å². The minimum atomic E-state index is -3.77. The third kappa shape index (κ3) is 6.25. The van der Waals surface area contributed by atoms with E-state index in [0.717, 1.165) is 11.8 Å². The van der Waals surface area contributed by atoms with Gasteiger partial charge in [0, 0.05) is 32.7 Å². The Morgan fingerprint density at radius 2 is 1.77 bits per heavy atom. The smallest absolute Gasteiger partial charge is 0.243 e. The molecule has 0 radical (unpaired) electrons. The summed E-state index contributed by atoms with van der Waals surface area (Å²) < 4.78 is 45.8. The van der Waals surface area contributed by atoms with Crippen LogP contribution in [0.2, 0.25) is 0 Å². The minimum absolute atomic E-state index is 0.0550. The molecule has 0 saturated carbocycles. The van der Waals surface area contributed by atoms with Crippen molar-refractivity contribution in [2.24, 2.45) is 0 Å². The van der Waals surface area contributed by atoms with Gasteiger partial charge in [-0.2, -0.15) is 4.31 Å². The zero-order chi connectivity index (χ0) is 22.4. The summed E-state index contributed by atoms with van der Waals surface area (Å²) in [5, 5.41) is 0. The number of carbonyl (C=O) groups is 1. The Morgan fingerprint density at radius 1 is 1.10 bits per heavy atom. The van der Waals surface area contributed by atoms with Crippen molar-refractivity contribution in [3.05, 3.63) is 59.9 Å². The maximum atomic E-state index is 13.4. The first kappa shape index (κ1) is 23.2. The predicted octanol–water partition coefficient (Wildman–Crippen LogP) is 1.98. The standard InChI is InChI=1S/C22H28FN3O4S/c1-18-6-8-20(9-7-18)30-15-14-24(2)17-22(27)25-10-12-26(13-11-25)31(28,29)21-5-3-4-19(23)16-21/h3-9,16H,10-15,17H2,1-2H3.